The Bertz CT molecular complexity index is 1100. The summed E-state index contributed by atoms with van der Waals surface area (Å²) in [6.07, 6.45) is 2.35. The van der Waals surface area contributed by atoms with Crippen LogP contribution in [0.5, 0.6) is 5.75 Å². The van der Waals surface area contributed by atoms with Gasteiger partial charge in [-0.25, -0.2) is 0 Å². The Kier molecular flexibility index (Phi) is 7.20. The molecule has 0 spiro atoms. The molecule has 8 heteroatoms. The molecule has 1 aliphatic rings. The van der Waals surface area contributed by atoms with Crippen molar-refractivity contribution >= 4 is 49.3 Å². The first-order valence-corrected chi connectivity index (χ1v) is 12.6. The molecule has 1 fully saturated rings. The van der Waals surface area contributed by atoms with E-state index in [0.29, 0.717) is 44.7 Å². The number of nitrogens with zero attached hydrogens (tertiary/aromatic N) is 2. The van der Waals surface area contributed by atoms with Gasteiger partial charge in [-0.3, -0.25) is 9.59 Å². The third kappa shape index (κ3) is 4.86. The van der Waals surface area contributed by atoms with Crippen LogP contribution in [0.4, 0.5) is 0 Å². The first-order chi connectivity index (χ1) is 15.5. The van der Waals surface area contributed by atoms with Crippen molar-refractivity contribution in [1.82, 2.24) is 14.8 Å². The van der Waals surface area contributed by atoms with Gasteiger partial charge in [0.15, 0.2) is 0 Å². The summed E-state index contributed by atoms with van der Waals surface area (Å²) in [7, 11) is 1.65. The number of carbonyl (C=O) groups excluding carboxylic acids is 2. The minimum absolute atomic E-state index is 0.00358. The summed E-state index contributed by atoms with van der Waals surface area (Å²) in [5.74, 6) is 0.959. The molecule has 0 bridgehead atoms. The highest BCUT2D eigenvalue weighted by molar-refractivity contribution is 9.11. The van der Waals surface area contributed by atoms with Gasteiger partial charge in [0.05, 0.1) is 21.1 Å². The molecule has 2 amide bonds. The lowest BCUT2D eigenvalue weighted by atomic mass is 9.95. The fraction of sp³-hybridized carbons (Fsp3) is 0.417. The summed E-state index contributed by atoms with van der Waals surface area (Å²) in [5.41, 5.74) is 2.85. The molecule has 1 N–H and O–H groups in total. The lowest BCUT2D eigenvalue weighted by Gasteiger charge is -2.31. The van der Waals surface area contributed by atoms with E-state index in [9.17, 15) is 9.59 Å². The topological polar surface area (TPSA) is 63.6 Å². The molecule has 0 unspecified atom stereocenters. The van der Waals surface area contributed by atoms with E-state index in [1.165, 1.54) is 0 Å². The minimum Gasteiger partial charge on any atom is -0.497 e. The fourth-order valence-corrected chi connectivity index (χ4v) is 5.74. The van der Waals surface area contributed by atoms with E-state index in [1.807, 2.05) is 42.2 Å². The summed E-state index contributed by atoms with van der Waals surface area (Å²) in [5, 5.41) is 2.98. The van der Waals surface area contributed by atoms with E-state index in [2.05, 4.69) is 31.9 Å². The average Bonchev–Trinajstić information content (AvgIpc) is 3.34. The monoisotopic (exact) mass is 517 g/mol. The standard InChI is InChI=1S/C24H28BrN3O3S/c1-3-10-26-23(29)17-8-11-27(12-9-17)24(30)20-13-21-19(14-22(25)32-21)28(20)15-16-4-6-18(31-2)7-5-16/h4-7,13-14,17H,3,8-12,15H2,1-2H3,(H,26,29). The third-order valence-electron chi connectivity index (χ3n) is 5.98. The van der Waals surface area contributed by atoms with Gasteiger partial charge < -0.3 is 19.5 Å². The molecule has 6 nitrogen and oxygen atoms in total. The van der Waals surface area contributed by atoms with Crippen LogP contribution in [0.25, 0.3) is 10.2 Å². The molecule has 0 saturated carbocycles. The minimum atomic E-state index is -0.00358. The Morgan fingerprint density at radius 1 is 1.19 bits per heavy atom. The number of ether oxygens (including phenoxy) is 1. The highest BCUT2D eigenvalue weighted by Gasteiger charge is 2.29. The second-order valence-electron chi connectivity index (χ2n) is 8.12. The molecule has 3 aromatic rings. The molecule has 3 heterocycles. The van der Waals surface area contributed by atoms with Crippen molar-refractivity contribution in [2.24, 2.45) is 5.92 Å². The number of piperidine rings is 1. The summed E-state index contributed by atoms with van der Waals surface area (Å²) in [6.45, 7) is 4.57. The van der Waals surface area contributed by atoms with E-state index in [4.69, 9.17) is 4.74 Å². The molecule has 1 saturated heterocycles. The summed E-state index contributed by atoms with van der Waals surface area (Å²) in [6, 6.07) is 12.0. The number of amides is 2. The van der Waals surface area contributed by atoms with Crippen LogP contribution in [0.15, 0.2) is 40.2 Å². The number of likely N-dealkylation sites (tertiary alicyclic amines) is 1. The summed E-state index contributed by atoms with van der Waals surface area (Å²) in [4.78, 5) is 27.7. The lowest BCUT2D eigenvalue weighted by Crippen LogP contribution is -2.43. The Balaban J connectivity index is 1.53. The van der Waals surface area contributed by atoms with Gasteiger partial charge in [0.2, 0.25) is 5.91 Å². The highest BCUT2D eigenvalue weighted by atomic mass is 79.9. The van der Waals surface area contributed by atoms with Crippen LogP contribution < -0.4 is 10.1 Å². The maximum Gasteiger partial charge on any atom is 0.270 e. The zero-order valence-electron chi connectivity index (χ0n) is 18.4. The van der Waals surface area contributed by atoms with Crippen LogP contribution in [0, 0.1) is 5.92 Å². The van der Waals surface area contributed by atoms with Crippen molar-refractivity contribution in [3.05, 3.63) is 51.4 Å². The molecule has 170 valence electrons. The quantitative estimate of drug-likeness (QED) is 0.484. The largest absolute Gasteiger partial charge is 0.497 e. The number of halogens is 1. The third-order valence-corrected chi connectivity index (χ3v) is 7.55. The van der Waals surface area contributed by atoms with Crippen molar-refractivity contribution in [1.29, 1.82) is 0 Å². The number of benzene rings is 1. The van der Waals surface area contributed by atoms with E-state index < -0.39 is 0 Å². The van der Waals surface area contributed by atoms with Gasteiger partial charge in [0.1, 0.15) is 11.4 Å². The van der Waals surface area contributed by atoms with Gasteiger partial charge in [-0.15, -0.1) is 11.3 Å². The van der Waals surface area contributed by atoms with Crippen LogP contribution in [0.3, 0.4) is 0 Å². The van der Waals surface area contributed by atoms with Crippen molar-refractivity contribution in [2.45, 2.75) is 32.7 Å². The summed E-state index contributed by atoms with van der Waals surface area (Å²) < 4.78 is 9.49. The van der Waals surface area contributed by atoms with Crippen molar-refractivity contribution < 1.29 is 14.3 Å². The normalized spacial score (nSPS) is 14.7. The van der Waals surface area contributed by atoms with Crippen LogP contribution in [0.2, 0.25) is 0 Å². The van der Waals surface area contributed by atoms with E-state index in [0.717, 1.165) is 31.7 Å². The van der Waals surface area contributed by atoms with Crippen LogP contribution >= 0.6 is 27.3 Å². The smallest absolute Gasteiger partial charge is 0.270 e. The van der Waals surface area contributed by atoms with Gasteiger partial charge in [-0.1, -0.05) is 19.1 Å². The van der Waals surface area contributed by atoms with Gasteiger partial charge in [-0.2, -0.15) is 0 Å². The molecule has 0 atom stereocenters. The number of thiophene rings is 1. The van der Waals surface area contributed by atoms with Crippen molar-refractivity contribution in [3.63, 3.8) is 0 Å². The number of fused-ring (bicyclic) bond motifs is 1. The number of rotatable bonds is 7. The average molecular weight is 518 g/mol. The van der Waals surface area contributed by atoms with Gasteiger partial charge in [-0.05, 0) is 65.0 Å². The van der Waals surface area contributed by atoms with E-state index in [1.54, 1.807) is 18.4 Å². The maximum atomic E-state index is 13.5. The molecular weight excluding hydrogens is 490 g/mol. The number of hydrogen-bond acceptors (Lipinski definition) is 4. The number of hydrogen-bond donors (Lipinski definition) is 1. The molecular formula is C24H28BrN3O3S. The second-order valence-corrected chi connectivity index (χ2v) is 10.6. The first kappa shape index (κ1) is 22.9. The molecule has 2 aromatic heterocycles. The molecule has 1 aromatic carbocycles. The number of methoxy groups -OCH3 is 1. The molecule has 32 heavy (non-hydrogen) atoms. The van der Waals surface area contributed by atoms with Gasteiger partial charge in [0, 0.05) is 32.1 Å². The predicted molar refractivity (Wildman–Crippen MR) is 132 cm³/mol. The number of nitrogens with one attached hydrogen (secondary N) is 1. The first-order valence-electron chi connectivity index (χ1n) is 11.0. The Hall–Kier alpha value is -2.32. The van der Waals surface area contributed by atoms with E-state index >= 15 is 0 Å². The fourth-order valence-electron chi connectivity index (χ4n) is 4.17. The Morgan fingerprint density at radius 2 is 1.91 bits per heavy atom. The SMILES string of the molecule is CCCNC(=O)C1CCN(C(=O)c2cc3sc(Br)cc3n2Cc2ccc(OC)cc2)CC1. The maximum absolute atomic E-state index is 13.5. The number of carbonyl (C=O) groups is 2. The molecule has 4 rings (SSSR count). The lowest BCUT2D eigenvalue weighted by molar-refractivity contribution is -0.126. The van der Waals surface area contributed by atoms with Crippen LogP contribution in [-0.4, -0.2) is 48.0 Å². The molecule has 0 radical (unpaired) electrons. The van der Waals surface area contributed by atoms with Crippen LogP contribution in [0.1, 0.15) is 42.2 Å². The van der Waals surface area contributed by atoms with E-state index in [-0.39, 0.29) is 17.7 Å². The predicted octanol–water partition coefficient (Wildman–Crippen LogP) is 4.90. The molecule has 1 aliphatic heterocycles. The van der Waals surface area contributed by atoms with Crippen LogP contribution in [-0.2, 0) is 11.3 Å². The van der Waals surface area contributed by atoms with Crippen molar-refractivity contribution in [3.8, 4) is 5.75 Å². The number of aromatic nitrogens is 1. The molecule has 0 aliphatic carbocycles. The Labute approximate surface area is 200 Å². The summed E-state index contributed by atoms with van der Waals surface area (Å²) >= 11 is 5.21. The van der Waals surface area contributed by atoms with Gasteiger partial charge in [0.25, 0.3) is 5.91 Å². The highest BCUT2D eigenvalue weighted by Crippen LogP contribution is 2.34. The Morgan fingerprint density at radius 3 is 2.56 bits per heavy atom. The van der Waals surface area contributed by atoms with Crippen molar-refractivity contribution in [2.75, 3.05) is 26.7 Å². The second kappa shape index (κ2) is 10.1. The van der Waals surface area contributed by atoms with Gasteiger partial charge >= 0.3 is 0 Å². The zero-order valence-corrected chi connectivity index (χ0v) is 20.8. The zero-order chi connectivity index (χ0) is 22.7.